The van der Waals surface area contributed by atoms with Crippen LogP contribution in [-0.2, 0) is 9.59 Å². The average Bonchev–Trinajstić information content (AvgIpc) is 2.74. The van der Waals surface area contributed by atoms with E-state index in [2.05, 4.69) is 17.6 Å². The maximum Gasteiger partial charge on any atom is 0.244 e. The summed E-state index contributed by atoms with van der Waals surface area (Å²) in [5, 5.41) is 5.47. The summed E-state index contributed by atoms with van der Waals surface area (Å²) in [6.07, 6.45) is 5.09. The summed E-state index contributed by atoms with van der Waals surface area (Å²) in [6, 6.07) is 9.51. The zero-order valence-electron chi connectivity index (χ0n) is 19.0. The second kappa shape index (κ2) is 11.8. The molecule has 0 radical (unpaired) electrons. The molecule has 2 aromatic carbocycles. The van der Waals surface area contributed by atoms with Gasteiger partial charge in [0.25, 0.3) is 0 Å². The van der Waals surface area contributed by atoms with Crippen molar-refractivity contribution in [3.63, 3.8) is 0 Å². The predicted molar refractivity (Wildman–Crippen MR) is 125 cm³/mol. The van der Waals surface area contributed by atoms with Crippen LogP contribution in [0.25, 0.3) is 6.08 Å². The zero-order valence-corrected chi connectivity index (χ0v) is 19.0. The smallest absolute Gasteiger partial charge is 0.244 e. The maximum absolute atomic E-state index is 12.2. The van der Waals surface area contributed by atoms with E-state index >= 15 is 0 Å². The van der Waals surface area contributed by atoms with E-state index < -0.39 is 0 Å². The molecular weight excluding hydrogens is 392 g/mol. The number of carbonyl (C=O) groups excluding carboxylic acids is 2. The van der Waals surface area contributed by atoms with Gasteiger partial charge in [-0.25, -0.2) is 0 Å². The Bertz CT molecular complexity index is 928. The zero-order chi connectivity index (χ0) is 22.8. The lowest BCUT2D eigenvalue weighted by Crippen LogP contribution is -2.32. The molecule has 0 aliphatic rings. The molecule has 166 valence electrons. The number of hydrogen-bond donors (Lipinski definition) is 2. The number of benzene rings is 2. The Morgan fingerprint density at radius 2 is 1.74 bits per heavy atom. The Morgan fingerprint density at radius 1 is 1.03 bits per heavy atom. The van der Waals surface area contributed by atoms with E-state index in [0.29, 0.717) is 18.1 Å². The van der Waals surface area contributed by atoms with Gasteiger partial charge >= 0.3 is 0 Å². The molecule has 0 aromatic heterocycles. The topological polar surface area (TPSA) is 76.7 Å². The number of ether oxygens (including phenoxy) is 2. The van der Waals surface area contributed by atoms with Crippen molar-refractivity contribution < 1.29 is 19.1 Å². The first-order valence-corrected chi connectivity index (χ1v) is 10.5. The second-order valence-electron chi connectivity index (χ2n) is 7.49. The quantitative estimate of drug-likeness (QED) is 0.433. The summed E-state index contributed by atoms with van der Waals surface area (Å²) in [5.41, 5.74) is 4.71. The van der Waals surface area contributed by atoms with Gasteiger partial charge in [0, 0.05) is 11.8 Å². The van der Waals surface area contributed by atoms with Gasteiger partial charge in [-0.2, -0.15) is 0 Å². The van der Waals surface area contributed by atoms with E-state index in [1.54, 1.807) is 19.3 Å². The lowest BCUT2D eigenvalue weighted by Gasteiger charge is -2.13. The fourth-order valence-corrected chi connectivity index (χ4v) is 3.19. The van der Waals surface area contributed by atoms with Gasteiger partial charge in [0.05, 0.1) is 20.3 Å². The van der Waals surface area contributed by atoms with Crippen LogP contribution in [-0.4, -0.2) is 32.1 Å². The fourth-order valence-electron chi connectivity index (χ4n) is 3.19. The molecule has 2 aromatic rings. The minimum Gasteiger partial charge on any atom is -0.493 e. The molecule has 0 aliphatic carbocycles. The second-order valence-corrected chi connectivity index (χ2v) is 7.49. The van der Waals surface area contributed by atoms with E-state index in [1.165, 1.54) is 6.08 Å². The van der Waals surface area contributed by atoms with Crippen molar-refractivity contribution in [2.24, 2.45) is 0 Å². The normalized spacial score (nSPS) is 10.7. The van der Waals surface area contributed by atoms with Crippen molar-refractivity contribution in [3.05, 3.63) is 58.7 Å². The Labute approximate surface area is 184 Å². The van der Waals surface area contributed by atoms with E-state index in [4.69, 9.17) is 9.47 Å². The summed E-state index contributed by atoms with van der Waals surface area (Å²) in [7, 11) is 1.58. The van der Waals surface area contributed by atoms with Crippen molar-refractivity contribution in [1.29, 1.82) is 0 Å². The molecule has 2 amide bonds. The van der Waals surface area contributed by atoms with Gasteiger partial charge in [-0.1, -0.05) is 37.1 Å². The molecule has 0 heterocycles. The SMILES string of the molecule is CCCCOc1ccc(C=CC(=O)NCC(=O)Nc2c(C)cc(C)cc2C)cc1OC. The highest BCUT2D eigenvalue weighted by molar-refractivity contribution is 5.98. The molecule has 0 fully saturated rings. The van der Waals surface area contributed by atoms with Gasteiger partial charge in [0.15, 0.2) is 11.5 Å². The van der Waals surface area contributed by atoms with Crippen molar-refractivity contribution in [2.45, 2.75) is 40.5 Å². The third kappa shape index (κ3) is 7.48. The van der Waals surface area contributed by atoms with Crippen LogP contribution in [0.4, 0.5) is 5.69 Å². The molecule has 0 saturated carbocycles. The highest BCUT2D eigenvalue weighted by Gasteiger charge is 2.09. The van der Waals surface area contributed by atoms with Gasteiger partial charge in [0.2, 0.25) is 11.8 Å². The number of hydrogen-bond acceptors (Lipinski definition) is 4. The van der Waals surface area contributed by atoms with Crippen molar-refractivity contribution >= 4 is 23.6 Å². The lowest BCUT2D eigenvalue weighted by atomic mass is 10.1. The fraction of sp³-hybridized carbons (Fsp3) is 0.360. The van der Waals surface area contributed by atoms with Crippen molar-refractivity contribution in [3.8, 4) is 11.5 Å². The number of unbranched alkanes of at least 4 members (excludes halogenated alkanes) is 1. The summed E-state index contributed by atoms with van der Waals surface area (Å²) >= 11 is 0. The van der Waals surface area contributed by atoms with Crippen molar-refractivity contribution in [2.75, 3.05) is 25.6 Å². The van der Waals surface area contributed by atoms with Crippen LogP contribution in [0.15, 0.2) is 36.4 Å². The Hall–Kier alpha value is -3.28. The summed E-state index contributed by atoms with van der Waals surface area (Å²) in [6.45, 7) is 8.54. The van der Waals surface area contributed by atoms with E-state index in [9.17, 15) is 9.59 Å². The summed E-state index contributed by atoms with van der Waals surface area (Å²) in [5.74, 6) is 0.666. The Morgan fingerprint density at radius 3 is 2.39 bits per heavy atom. The highest BCUT2D eigenvalue weighted by atomic mass is 16.5. The minimum absolute atomic E-state index is 0.108. The number of rotatable bonds is 10. The molecule has 0 spiro atoms. The summed E-state index contributed by atoms with van der Waals surface area (Å²) in [4.78, 5) is 24.3. The van der Waals surface area contributed by atoms with Gasteiger partial charge in [-0.3, -0.25) is 9.59 Å². The molecule has 0 aliphatic heterocycles. The van der Waals surface area contributed by atoms with Crippen LogP contribution >= 0.6 is 0 Å². The summed E-state index contributed by atoms with van der Waals surface area (Å²) < 4.78 is 11.1. The molecular formula is C25H32N2O4. The first-order valence-electron chi connectivity index (χ1n) is 10.5. The van der Waals surface area contributed by atoms with Crippen LogP contribution in [0.5, 0.6) is 11.5 Å². The van der Waals surface area contributed by atoms with Crippen LogP contribution in [0.3, 0.4) is 0 Å². The van der Waals surface area contributed by atoms with Crippen LogP contribution in [0.1, 0.15) is 42.0 Å². The lowest BCUT2D eigenvalue weighted by molar-refractivity contribution is -0.121. The molecule has 0 atom stereocenters. The van der Waals surface area contributed by atoms with Crippen LogP contribution < -0.4 is 20.1 Å². The Kier molecular flexibility index (Phi) is 9.13. The number of carbonyl (C=O) groups is 2. The number of methoxy groups -OCH3 is 1. The number of nitrogens with one attached hydrogen (secondary N) is 2. The molecule has 0 bridgehead atoms. The highest BCUT2D eigenvalue weighted by Crippen LogP contribution is 2.28. The maximum atomic E-state index is 12.2. The first-order chi connectivity index (χ1) is 14.8. The molecule has 6 nitrogen and oxygen atoms in total. The number of aryl methyl sites for hydroxylation is 3. The van der Waals surface area contributed by atoms with Crippen LogP contribution in [0.2, 0.25) is 0 Å². The van der Waals surface area contributed by atoms with Gasteiger partial charge in [-0.05, 0) is 62.1 Å². The predicted octanol–water partition coefficient (Wildman–Crippen LogP) is 4.57. The van der Waals surface area contributed by atoms with Gasteiger partial charge < -0.3 is 20.1 Å². The minimum atomic E-state index is -0.352. The number of amides is 2. The van der Waals surface area contributed by atoms with E-state index in [1.807, 2.05) is 45.0 Å². The molecule has 2 N–H and O–H groups in total. The standard InChI is InChI=1S/C25H32N2O4/c1-6-7-12-31-21-10-8-20(15-22(21)30-5)9-11-23(28)26-16-24(29)27-25-18(3)13-17(2)14-19(25)4/h8-11,13-15H,6-7,12,16H2,1-5H3,(H,26,28)(H,27,29). The van der Waals surface area contributed by atoms with Crippen LogP contribution in [0, 0.1) is 20.8 Å². The van der Waals surface area contributed by atoms with Gasteiger partial charge in [-0.15, -0.1) is 0 Å². The van der Waals surface area contributed by atoms with E-state index in [0.717, 1.165) is 40.8 Å². The largest absolute Gasteiger partial charge is 0.493 e. The third-order valence-corrected chi connectivity index (χ3v) is 4.73. The molecule has 0 saturated heterocycles. The molecule has 6 heteroatoms. The average molecular weight is 425 g/mol. The van der Waals surface area contributed by atoms with Crippen molar-refractivity contribution in [1.82, 2.24) is 5.32 Å². The third-order valence-electron chi connectivity index (χ3n) is 4.73. The van der Waals surface area contributed by atoms with Gasteiger partial charge in [0.1, 0.15) is 0 Å². The van der Waals surface area contributed by atoms with E-state index in [-0.39, 0.29) is 18.4 Å². The Balaban J connectivity index is 1.90. The number of anilines is 1. The molecule has 0 unspecified atom stereocenters. The first kappa shape index (κ1) is 24.0. The molecule has 2 rings (SSSR count). The monoisotopic (exact) mass is 424 g/mol. The molecule has 31 heavy (non-hydrogen) atoms.